The number of halogens is 3. The summed E-state index contributed by atoms with van der Waals surface area (Å²) in [5, 5.41) is 0. The molecule has 0 aliphatic rings. The van der Waals surface area contributed by atoms with Gasteiger partial charge >= 0.3 is 6.61 Å². The van der Waals surface area contributed by atoms with Crippen LogP contribution in [0.5, 0.6) is 5.75 Å². The van der Waals surface area contributed by atoms with Crippen molar-refractivity contribution in [3.63, 3.8) is 0 Å². The Bertz CT molecular complexity index is 557. The fourth-order valence-electron chi connectivity index (χ4n) is 1.91. The monoisotopic (exact) mass is 281 g/mol. The van der Waals surface area contributed by atoms with Crippen LogP contribution in [0.1, 0.15) is 17.2 Å². The van der Waals surface area contributed by atoms with Crippen LogP contribution in [0.15, 0.2) is 48.5 Å². The fraction of sp³-hybridized carbons (Fsp3) is 0.200. The van der Waals surface area contributed by atoms with E-state index in [4.69, 9.17) is 5.73 Å². The lowest BCUT2D eigenvalue weighted by Crippen LogP contribution is -2.13. The van der Waals surface area contributed by atoms with Crippen LogP contribution < -0.4 is 10.5 Å². The molecule has 0 fully saturated rings. The Balaban J connectivity index is 2.08. The van der Waals surface area contributed by atoms with E-state index in [9.17, 15) is 13.2 Å². The van der Waals surface area contributed by atoms with Crippen LogP contribution in [0.3, 0.4) is 0 Å². The van der Waals surface area contributed by atoms with Crippen molar-refractivity contribution in [3.8, 4) is 5.75 Å². The van der Waals surface area contributed by atoms with Crippen LogP contribution >= 0.6 is 0 Å². The number of hydrogen-bond acceptors (Lipinski definition) is 2. The molecule has 0 spiro atoms. The molecule has 2 nitrogen and oxygen atoms in total. The Morgan fingerprint density at radius 2 is 1.75 bits per heavy atom. The lowest BCUT2D eigenvalue weighted by Gasteiger charge is -2.13. The number of benzene rings is 2. The zero-order chi connectivity index (χ0) is 14.5. The molecule has 1 unspecified atom stereocenters. The summed E-state index contributed by atoms with van der Waals surface area (Å²) in [5.41, 5.74) is 7.59. The summed E-state index contributed by atoms with van der Waals surface area (Å²) in [4.78, 5) is 0. The predicted molar refractivity (Wildman–Crippen MR) is 70.1 cm³/mol. The number of rotatable bonds is 5. The third-order valence-electron chi connectivity index (χ3n) is 2.88. The molecule has 5 heteroatoms. The predicted octanol–water partition coefficient (Wildman–Crippen LogP) is 3.67. The van der Waals surface area contributed by atoms with Crippen LogP contribution in [0.25, 0.3) is 0 Å². The van der Waals surface area contributed by atoms with Crippen LogP contribution in [0.2, 0.25) is 0 Å². The number of alkyl halides is 2. The average Bonchev–Trinajstić information content (AvgIpc) is 2.41. The van der Waals surface area contributed by atoms with Gasteiger partial charge in [0, 0.05) is 6.04 Å². The van der Waals surface area contributed by atoms with E-state index in [2.05, 4.69) is 4.74 Å². The second kappa shape index (κ2) is 6.43. The molecular weight excluding hydrogens is 267 g/mol. The molecule has 0 amide bonds. The van der Waals surface area contributed by atoms with Gasteiger partial charge in [0.2, 0.25) is 0 Å². The van der Waals surface area contributed by atoms with Crippen molar-refractivity contribution in [2.24, 2.45) is 5.73 Å². The Morgan fingerprint density at radius 1 is 1.05 bits per heavy atom. The van der Waals surface area contributed by atoms with Gasteiger partial charge in [-0.2, -0.15) is 8.78 Å². The molecular formula is C15H14F3NO. The van der Waals surface area contributed by atoms with E-state index in [1.807, 2.05) is 0 Å². The second-order valence-corrected chi connectivity index (χ2v) is 4.39. The SMILES string of the molecule is NC(Cc1ccc(F)cc1)c1cccc(OC(F)F)c1. The van der Waals surface area contributed by atoms with Gasteiger partial charge in [-0.3, -0.25) is 0 Å². The van der Waals surface area contributed by atoms with Crippen molar-refractivity contribution >= 4 is 0 Å². The highest BCUT2D eigenvalue weighted by Gasteiger charge is 2.10. The summed E-state index contributed by atoms with van der Waals surface area (Å²) in [5.74, 6) is -0.235. The van der Waals surface area contributed by atoms with Crippen molar-refractivity contribution in [1.82, 2.24) is 0 Å². The van der Waals surface area contributed by atoms with Crippen molar-refractivity contribution in [1.29, 1.82) is 0 Å². The molecule has 0 aliphatic heterocycles. The maximum absolute atomic E-state index is 12.8. The number of ether oxygens (including phenoxy) is 1. The Kier molecular flexibility index (Phi) is 4.63. The van der Waals surface area contributed by atoms with Gasteiger partial charge in [0.25, 0.3) is 0 Å². The molecule has 2 N–H and O–H groups in total. The minimum absolute atomic E-state index is 0.0760. The third kappa shape index (κ3) is 3.99. The topological polar surface area (TPSA) is 35.2 Å². The first kappa shape index (κ1) is 14.4. The molecule has 20 heavy (non-hydrogen) atoms. The van der Waals surface area contributed by atoms with Crippen LogP contribution in [0.4, 0.5) is 13.2 Å². The van der Waals surface area contributed by atoms with Gasteiger partial charge in [-0.1, -0.05) is 24.3 Å². The van der Waals surface area contributed by atoms with E-state index in [0.717, 1.165) is 5.56 Å². The van der Waals surface area contributed by atoms with Gasteiger partial charge in [0.05, 0.1) is 0 Å². The zero-order valence-corrected chi connectivity index (χ0v) is 10.6. The highest BCUT2D eigenvalue weighted by Crippen LogP contribution is 2.22. The summed E-state index contributed by atoms with van der Waals surface area (Å²) in [6.45, 7) is -2.86. The maximum atomic E-state index is 12.8. The molecule has 0 aromatic heterocycles. The standard InChI is InChI=1S/C15H14F3NO/c16-12-6-4-10(5-7-12)8-14(19)11-2-1-3-13(9-11)20-15(17)18/h1-7,9,14-15H,8,19H2. The summed E-state index contributed by atoms with van der Waals surface area (Å²) < 4.78 is 41.4. The highest BCUT2D eigenvalue weighted by molar-refractivity contribution is 5.31. The summed E-state index contributed by atoms with van der Waals surface area (Å²) in [7, 11) is 0. The molecule has 2 rings (SSSR count). The number of nitrogens with two attached hydrogens (primary N) is 1. The zero-order valence-electron chi connectivity index (χ0n) is 10.6. The quantitative estimate of drug-likeness (QED) is 0.907. The molecule has 1 atom stereocenters. The van der Waals surface area contributed by atoms with E-state index in [1.54, 1.807) is 24.3 Å². The number of hydrogen-bond donors (Lipinski definition) is 1. The first-order valence-corrected chi connectivity index (χ1v) is 6.09. The van der Waals surface area contributed by atoms with Crippen LogP contribution in [-0.4, -0.2) is 6.61 Å². The molecule has 2 aromatic rings. The molecule has 106 valence electrons. The van der Waals surface area contributed by atoms with Gasteiger partial charge < -0.3 is 10.5 Å². The van der Waals surface area contributed by atoms with E-state index in [0.29, 0.717) is 12.0 Å². The molecule has 0 saturated heterocycles. The molecule has 0 aliphatic carbocycles. The van der Waals surface area contributed by atoms with Gasteiger partial charge in [-0.05, 0) is 41.8 Å². The summed E-state index contributed by atoms with van der Waals surface area (Å²) in [6, 6.07) is 11.9. The first-order valence-electron chi connectivity index (χ1n) is 6.09. The van der Waals surface area contributed by atoms with E-state index < -0.39 is 6.61 Å². The lowest BCUT2D eigenvalue weighted by atomic mass is 9.99. The van der Waals surface area contributed by atoms with Crippen molar-refractivity contribution < 1.29 is 17.9 Å². The molecule has 0 heterocycles. The largest absolute Gasteiger partial charge is 0.435 e. The van der Waals surface area contributed by atoms with Gasteiger partial charge in [0.15, 0.2) is 0 Å². The van der Waals surface area contributed by atoms with Crippen molar-refractivity contribution in [3.05, 3.63) is 65.5 Å². The van der Waals surface area contributed by atoms with E-state index >= 15 is 0 Å². The smallest absolute Gasteiger partial charge is 0.387 e. The summed E-state index contributed by atoms with van der Waals surface area (Å²) in [6.07, 6.45) is 0.485. The van der Waals surface area contributed by atoms with Gasteiger partial charge in [0.1, 0.15) is 11.6 Å². The molecule has 0 radical (unpaired) electrons. The van der Waals surface area contributed by atoms with Crippen LogP contribution in [0, 0.1) is 5.82 Å². The average molecular weight is 281 g/mol. The second-order valence-electron chi connectivity index (χ2n) is 4.39. The fourth-order valence-corrected chi connectivity index (χ4v) is 1.91. The molecule has 0 saturated carbocycles. The Morgan fingerprint density at radius 3 is 2.40 bits per heavy atom. The maximum Gasteiger partial charge on any atom is 0.387 e. The normalized spacial score (nSPS) is 12.4. The van der Waals surface area contributed by atoms with Gasteiger partial charge in [-0.25, -0.2) is 4.39 Å². The molecule has 0 bridgehead atoms. The minimum Gasteiger partial charge on any atom is -0.435 e. The van der Waals surface area contributed by atoms with Crippen LogP contribution in [-0.2, 0) is 6.42 Å². The lowest BCUT2D eigenvalue weighted by molar-refractivity contribution is -0.0499. The van der Waals surface area contributed by atoms with E-state index in [1.165, 1.54) is 24.3 Å². The Labute approximate surface area is 115 Å². The summed E-state index contributed by atoms with van der Waals surface area (Å²) >= 11 is 0. The third-order valence-corrected chi connectivity index (χ3v) is 2.88. The van der Waals surface area contributed by atoms with Crippen molar-refractivity contribution in [2.45, 2.75) is 19.1 Å². The van der Waals surface area contributed by atoms with E-state index in [-0.39, 0.29) is 17.6 Å². The first-order chi connectivity index (χ1) is 9.54. The Hall–Kier alpha value is -2.01. The minimum atomic E-state index is -2.86. The van der Waals surface area contributed by atoms with Crippen molar-refractivity contribution in [2.75, 3.05) is 0 Å². The molecule has 2 aromatic carbocycles. The van der Waals surface area contributed by atoms with Gasteiger partial charge in [-0.15, -0.1) is 0 Å². The highest BCUT2D eigenvalue weighted by atomic mass is 19.3.